The van der Waals surface area contributed by atoms with Crippen LogP contribution in [0.2, 0.25) is 0 Å². The molecule has 134 valence electrons. The van der Waals surface area contributed by atoms with E-state index in [9.17, 15) is 18.3 Å². The van der Waals surface area contributed by atoms with Crippen molar-refractivity contribution in [2.24, 2.45) is 0 Å². The average Bonchev–Trinajstić information content (AvgIpc) is 2.56. The Labute approximate surface area is 142 Å². The molecule has 1 aromatic heterocycles. The molecule has 25 heavy (non-hydrogen) atoms. The van der Waals surface area contributed by atoms with Gasteiger partial charge >= 0.3 is 6.18 Å². The Kier molecular flexibility index (Phi) is 4.76. The lowest BCUT2D eigenvalue weighted by atomic mass is 10.1. The maximum absolute atomic E-state index is 12.7. The van der Waals surface area contributed by atoms with E-state index < -0.39 is 17.5 Å². The molecule has 0 bridgehead atoms. The highest BCUT2D eigenvalue weighted by atomic mass is 19.4. The van der Waals surface area contributed by atoms with E-state index in [4.69, 9.17) is 0 Å². The van der Waals surface area contributed by atoms with E-state index in [-0.39, 0.29) is 17.3 Å². The van der Waals surface area contributed by atoms with Gasteiger partial charge in [-0.2, -0.15) is 13.2 Å². The number of halogens is 3. The molecule has 1 atom stereocenters. The number of anilines is 1. The zero-order valence-corrected chi connectivity index (χ0v) is 13.6. The molecule has 0 saturated carbocycles. The first-order chi connectivity index (χ1) is 11.8. The molecule has 6 nitrogen and oxygen atoms in total. The molecular formula is C16H18F3N5O. The molecule has 1 aliphatic heterocycles. The van der Waals surface area contributed by atoms with Crippen molar-refractivity contribution in [1.82, 2.24) is 20.5 Å². The van der Waals surface area contributed by atoms with Gasteiger partial charge in [0, 0.05) is 18.2 Å². The molecule has 1 saturated heterocycles. The molecule has 1 unspecified atom stereocenters. The van der Waals surface area contributed by atoms with Crippen LogP contribution < -0.4 is 10.6 Å². The molecule has 1 fully saturated rings. The number of hydrogen-bond donors (Lipinski definition) is 3. The number of nitrogens with one attached hydrogen (secondary N) is 2. The van der Waals surface area contributed by atoms with Crippen molar-refractivity contribution in [2.45, 2.75) is 32.0 Å². The molecule has 1 aliphatic rings. The number of alkyl halides is 3. The minimum Gasteiger partial charge on any atom is -0.507 e. The lowest BCUT2D eigenvalue weighted by Gasteiger charge is -2.23. The Morgan fingerprint density at radius 3 is 2.68 bits per heavy atom. The number of aryl methyl sites for hydroxylation is 1. The van der Waals surface area contributed by atoms with Crippen molar-refractivity contribution in [3.63, 3.8) is 0 Å². The van der Waals surface area contributed by atoms with Gasteiger partial charge in [-0.1, -0.05) is 0 Å². The fourth-order valence-electron chi connectivity index (χ4n) is 2.78. The molecule has 1 aromatic carbocycles. The summed E-state index contributed by atoms with van der Waals surface area (Å²) in [6.07, 6.45) is -2.46. The number of phenolic OH excluding ortho intramolecular Hbond substituents is 1. The molecule has 0 radical (unpaired) electrons. The summed E-state index contributed by atoms with van der Waals surface area (Å²) in [5.41, 5.74) is -0.0401. The summed E-state index contributed by atoms with van der Waals surface area (Å²) >= 11 is 0. The van der Waals surface area contributed by atoms with Crippen molar-refractivity contribution in [3.8, 4) is 17.0 Å². The monoisotopic (exact) mass is 353 g/mol. The van der Waals surface area contributed by atoms with Crippen LogP contribution in [0, 0.1) is 6.92 Å². The van der Waals surface area contributed by atoms with Crippen LogP contribution in [0.3, 0.4) is 0 Å². The van der Waals surface area contributed by atoms with Gasteiger partial charge in [0.2, 0.25) is 5.95 Å². The van der Waals surface area contributed by atoms with Gasteiger partial charge in [-0.15, -0.1) is 10.2 Å². The summed E-state index contributed by atoms with van der Waals surface area (Å²) in [7, 11) is 0. The minimum atomic E-state index is -4.52. The predicted molar refractivity (Wildman–Crippen MR) is 86.2 cm³/mol. The number of benzene rings is 1. The number of aromatic nitrogens is 3. The SMILES string of the molecule is Cc1nc(NC2CCCNC2)nnc1-c1ccc(C(F)(F)F)cc1O. The Hall–Kier alpha value is -2.42. The minimum absolute atomic E-state index is 0.163. The van der Waals surface area contributed by atoms with E-state index in [1.807, 2.05) is 0 Å². The molecule has 0 aliphatic carbocycles. The summed E-state index contributed by atoms with van der Waals surface area (Å²) < 4.78 is 38.1. The molecule has 3 N–H and O–H groups in total. The highest BCUT2D eigenvalue weighted by Gasteiger charge is 2.31. The predicted octanol–water partition coefficient (Wildman–Crippen LogP) is 2.74. The van der Waals surface area contributed by atoms with Crippen LogP contribution in [0.15, 0.2) is 18.2 Å². The molecule has 9 heteroatoms. The third kappa shape index (κ3) is 3.98. The smallest absolute Gasteiger partial charge is 0.416 e. The lowest BCUT2D eigenvalue weighted by molar-refractivity contribution is -0.137. The van der Waals surface area contributed by atoms with Crippen molar-refractivity contribution in [3.05, 3.63) is 29.5 Å². The van der Waals surface area contributed by atoms with Crippen molar-refractivity contribution >= 4 is 5.95 Å². The summed E-state index contributed by atoms with van der Waals surface area (Å²) in [6, 6.07) is 2.96. The Bertz CT molecular complexity index is 760. The van der Waals surface area contributed by atoms with Crippen LogP contribution >= 0.6 is 0 Å². The molecule has 2 aromatic rings. The van der Waals surface area contributed by atoms with E-state index in [1.165, 1.54) is 6.07 Å². The van der Waals surface area contributed by atoms with Gasteiger partial charge in [-0.05, 0) is 44.5 Å². The summed E-state index contributed by atoms with van der Waals surface area (Å²) in [4.78, 5) is 4.31. The number of nitrogens with zero attached hydrogens (tertiary/aromatic N) is 3. The molecule has 0 amide bonds. The largest absolute Gasteiger partial charge is 0.507 e. The average molecular weight is 353 g/mol. The van der Waals surface area contributed by atoms with Gasteiger partial charge in [0.1, 0.15) is 11.4 Å². The van der Waals surface area contributed by atoms with Crippen LogP contribution in [0.25, 0.3) is 11.3 Å². The standard InChI is InChI=1S/C16H18F3N5O/c1-9-14(12-5-4-10(7-13(12)25)16(17,18)19)23-24-15(21-9)22-11-3-2-6-20-8-11/h4-5,7,11,20,25H,2-3,6,8H2,1H3,(H,21,22,24). The van der Waals surface area contributed by atoms with Crippen LogP contribution in [0.4, 0.5) is 19.1 Å². The van der Waals surface area contributed by atoms with Gasteiger partial charge in [0.25, 0.3) is 0 Å². The second-order valence-electron chi connectivity index (χ2n) is 5.99. The molecular weight excluding hydrogens is 335 g/mol. The number of aromatic hydroxyl groups is 1. The fourth-order valence-corrected chi connectivity index (χ4v) is 2.78. The second-order valence-corrected chi connectivity index (χ2v) is 5.99. The summed E-state index contributed by atoms with van der Waals surface area (Å²) in [5.74, 6) is -0.146. The van der Waals surface area contributed by atoms with Crippen molar-refractivity contribution in [1.29, 1.82) is 0 Å². The zero-order chi connectivity index (χ0) is 18.0. The van der Waals surface area contributed by atoms with Crippen molar-refractivity contribution < 1.29 is 18.3 Å². The number of phenols is 1. The van der Waals surface area contributed by atoms with Crippen LogP contribution in [-0.2, 0) is 6.18 Å². The second kappa shape index (κ2) is 6.83. The maximum atomic E-state index is 12.7. The zero-order valence-electron chi connectivity index (χ0n) is 13.6. The number of piperidine rings is 1. The topological polar surface area (TPSA) is 83.0 Å². The van der Waals surface area contributed by atoms with E-state index >= 15 is 0 Å². The van der Waals surface area contributed by atoms with E-state index in [2.05, 4.69) is 25.8 Å². The Morgan fingerprint density at radius 2 is 2.08 bits per heavy atom. The van der Waals surface area contributed by atoms with Gasteiger partial charge in [-0.25, -0.2) is 4.98 Å². The van der Waals surface area contributed by atoms with Crippen molar-refractivity contribution in [2.75, 3.05) is 18.4 Å². The molecule has 0 spiro atoms. The van der Waals surface area contributed by atoms with E-state index in [0.717, 1.165) is 32.0 Å². The first kappa shape index (κ1) is 17.4. The molecule has 3 rings (SSSR count). The molecule has 2 heterocycles. The normalized spacial score (nSPS) is 18.2. The van der Waals surface area contributed by atoms with E-state index in [0.29, 0.717) is 17.7 Å². The number of rotatable bonds is 3. The summed E-state index contributed by atoms with van der Waals surface area (Å²) in [5, 5.41) is 24.4. The van der Waals surface area contributed by atoms with Gasteiger partial charge in [-0.3, -0.25) is 0 Å². The highest BCUT2D eigenvalue weighted by Crippen LogP contribution is 2.36. The Morgan fingerprint density at radius 1 is 1.28 bits per heavy atom. The van der Waals surface area contributed by atoms with E-state index in [1.54, 1.807) is 6.92 Å². The van der Waals surface area contributed by atoms with Crippen LogP contribution in [0.1, 0.15) is 24.1 Å². The maximum Gasteiger partial charge on any atom is 0.416 e. The van der Waals surface area contributed by atoms with Gasteiger partial charge in [0.05, 0.1) is 11.3 Å². The quantitative estimate of drug-likeness (QED) is 0.787. The van der Waals surface area contributed by atoms with Gasteiger partial charge < -0.3 is 15.7 Å². The third-order valence-electron chi connectivity index (χ3n) is 4.07. The number of hydrogen-bond acceptors (Lipinski definition) is 6. The fraction of sp³-hybridized carbons (Fsp3) is 0.438. The Balaban J connectivity index is 1.83. The summed E-state index contributed by atoms with van der Waals surface area (Å²) in [6.45, 7) is 3.47. The van der Waals surface area contributed by atoms with Crippen LogP contribution in [0.5, 0.6) is 5.75 Å². The lowest BCUT2D eigenvalue weighted by Crippen LogP contribution is -2.38. The van der Waals surface area contributed by atoms with Gasteiger partial charge in [0.15, 0.2) is 0 Å². The first-order valence-corrected chi connectivity index (χ1v) is 7.94. The highest BCUT2D eigenvalue weighted by molar-refractivity contribution is 5.69. The third-order valence-corrected chi connectivity index (χ3v) is 4.07. The first-order valence-electron chi connectivity index (χ1n) is 7.94. The van der Waals surface area contributed by atoms with Crippen LogP contribution in [-0.4, -0.2) is 39.4 Å².